The molecule has 9 nitrogen and oxygen atoms in total. The van der Waals surface area contributed by atoms with E-state index in [0.717, 1.165) is 6.21 Å². The van der Waals surface area contributed by atoms with Crippen LogP contribution in [0.15, 0.2) is 5.16 Å². The first-order valence-corrected chi connectivity index (χ1v) is 6.74. The Hall–Kier alpha value is -2.84. The molecule has 0 aliphatic carbocycles. The van der Waals surface area contributed by atoms with Gasteiger partial charge in [-0.25, -0.2) is 9.59 Å². The lowest BCUT2D eigenvalue weighted by Crippen LogP contribution is -2.12. The zero-order valence-electron chi connectivity index (χ0n) is 13.0. The summed E-state index contributed by atoms with van der Waals surface area (Å²) in [6, 6.07) is 0. The van der Waals surface area contributed by atoms with Crippen molar-refractivity contribution < 1.29 is 33.8 Å². The standard InChI is InChI=1S/C14H18N2O7/c1-4-23-13(18)11-8(5-6-10(17)21-2)12(14(19)22-3)16-9(11)7-15-20/h7,16,20H,4-6H2,1-3H3/b15-7+. The van der Waals surface area contributed by atoms with E-state index >= 15 is 0 Å². The lowest BCUT2D eigenvalue weighted by molar-refractivity contribution is -0.140. The van der Waals surface area contributed by atoms with E-state index in [1.165, 1.54) is 14.2 Å². The van der Waals surface area contributed by atoms with Gasteiger partial charge in [0.25, 0.3) is 0 Å². The molecule has 1 aromatic rings. The summed E-state index contributed by atoms with van der Waals surface area (Å²) >= 11 is 0. The van der Waals surface area contributed by atoms with Gasteiger partial charge < -0.3 is 24.4 Å². The van der Waals surface area contributed by atoms with E-state index in [1.807, 2.05) is 0 Å². The molecule has 0 unspecified atom stereocenters. The van der Waals surface area contributed by atoms with Gasteiger partial charge >= 0.3 is 17.9 Å². The van der Waals surface area contributed by atoms with Gasteiger partial charge in [0.15, 0.2) is 0 Å². The number of esters is 3. The Morgan fingerprint density at radius 1 is 1.22 bits per heavy atom. The van der Waals surface area contributed by atoms with Crippen LogP contribution >= 0.6 is 0 Å². The third-order valence-corrected chi connectivity index (χ3v) is 3.00. The summed E-state index contributed by atoms with van der Waals surface area (Å²) < 4.78 is 14.1. The Balaban J connectivity index is 3.40. The van der Waals surface area contributed by atoms with Crippen LogP contribution in [0.3, 0.4) is 0 Å². The smallest absolute Gasteiger partial charge is 0.354 e. The quantitative estimate of drug-likeness (QED) is 0.250. The van der Waals surface area contributed by atoms with Gasteiger partial charge in [0, 0.05) is 12.0 Å². The van der Waals surface area contributed by atoms with Crippen LogP contribution in [-0.2, 0) is 25.4 Å². The fourth-order valence-corrected chi connectivity index (χ4v) is 2.01. The monoisotopic (exact) mass is 326 g/mol. The first kappa shape index (κ1) is 18.2. The van der Waals surface area contributed by atoms with E-state index in [0.29, 0.717) is 0 Å². The molecule has 0 amide bonds. The van der Waals surface area contributed by atoms with Crippen molar-refractivity contribution in [2.45, 2.75) is 19.8 Å². The van der Waals surface area contributed by atoms with Crippen LogP contribution in [0.5, 0.6) is 0 Å². The molecule has 0 spiro atoms. The number of aromatic amines is 1. The predicted molar refractivity (Wildman–Crippen MR) is 77.8 cm³/mol. The summed E-state index contributed by atoms with van der Waals surface area (Å²) in [5.41, 5.74) is 0.296. The van der Waals surface area contributed by atoms with Crippen molar-refractivity contribution in [3.8, 4) is 0 Å². The topological polar surface area (TPSA) is 127 Å². The number of nitrogens with zero attached hydrogens (tertiary/aromatic N) is 1. The number of ether oxygens (including phenoxy) is 3. The maximum atomic E-state index is 12.1. The first-order valence-electron chi connectivity index (χ1n) is 6.74. The molecule has 23 heavy (non-hydrogen) atoms. The highest BCUT2D eigenvalue weighted by Gasteiger charge is 2.27. The number of hydrogen-bond acceptors (Lipinski definition) is 8. The third kappa shape index (κ3) is 4.31. The minimum Gasteiger partial charge on any atom is -0.469 e. The predicted octanol–water partition coefficient (Wildman–Crippen LogP) is 0.892. The molecule has 0 fully saturated rings. The molecular weight excluding hydrogens is 308 g/mol. The number of aromatic nitrogens is 1. The minimum absolute atomic E-state index is 0.00829. The van der Waals surface area contributed by atoms with Crippen LogP contribution in [0.2, 0.25) is 0 Å². The number of carbonyl (C=O) groups excluding carboxylic acids is 3. The fraction of sp³-hybridized carbons (Fsp3) is 0.429. The van der Waals surface area contributed by atoms with E-state index < -0.39 is 17.9 Å². The van der Waals surface area contributed by atoms with Crippen molar-refractivity contribution in [3.05, 3.63) is 22.5 Å². The van der Waals surface area contributed by atoms with Gasteiger partial charge in [-0.1, -0.05) is 5.16 Å². The molecule has 0 saturated carbocycles. The largest absolute Gasteiger partial charge is 0.469 e. The molecule has 0 aromatic carbocycles. The summed E-state index contributed by atoms with van der Waals surface area (Å²) in [5.74, 6) is -1.95. The molecule has 0 aliphatic heterocycles. The van der Waals surface area contributed by atoms with Crippen LogP contribution in [0.4, 0.5) is 0 Å². The zero-order valence-corrected chi connectivity index (χ0v) is 13.0. The van der Waals surface area contributed by atoms with Gasteiger partial charge in [0.05, 0.1) is 38.3 Å². The number of oxime groups is 1. The molecule has 0 bridgehead atoms. The van der Waals surface area contributed by atoms with Crippen molar-refractivity contribution in [2.75, 3.05) is 20.8 Å². The van der Waals surface area contributed by atoms with Crippen molar-refractivity contribution in [1.82, 2.24) is 4.98 Å². The Morgan fingerprint density at radius 2 is 1.91 bits per heavy atom. The number of nitrogens with one attached hydrogen (secondary N) is 1. The molecule has 1 heterocycles. The van der Waals surface area contributed by atoms with Gasteiger partial charge in [-0.3, -0.25) is 4.79 Å². The Kier molecular flexibility index (Phi) is 6.78. The fourth-order valence-electron chi connectivity index (χ4n) is 2.01. The molecule has 126 valence electrons. The second-order valence-corrected chi connectivity index (χ2v) is 4.30. The molecular formula is C14H18N2O7. The molecule has 0 saturated heterocycles. The Bertz CT molecular complexity index is 619. The van der Waals surface area contributed by atoms with Gasteiger partial charge in [-0.05, 0) is 13.3 Å². The molecule has 2 N–H and O–H groups in total. The molecule has 1 rings (SSSR count). The van der Waals surface area contributed by atoms with Gasteiger partial charge in [0.1, 0.15) is 5.69 Å². The summed E-state index contributed by atoms with van der Waals surface area (Å²) in [6.45, 7) is 1.74. The van der Waals surface area contributed by atoms with Crippen LogP contribution in [0.1, 0.15) is 45.4 Å². The molecule has 1 aromatic heterocycles. The average Bonchev–Trinajstić information content (AvgIpc) is 2.90. The lowest BCUT2D eigenvalue weighted by atomic mass is 10.0. The normalized spacial score (nSPS) is 10.6. The molecule has 0 atom stereocenters. The van der Waals surface area contributed by atoms with Crippen LogP contribution in [-0.4, -0.2) is 55.1 Å². The minimum atomic E-state index is -0.729. The van der Waals surface area contributed by atoms with Crippen molar-refractivity contribution in [3.63, 3.8) is 0 Å². The Morgan fingerprint density at radius 3 is 2.43 bits per heavy atom. The van der Waals surface area contributed by atoms with Gasteiger partial charge in [0.2, 0.25) is 0 Å². The van der Waals surface area contributed by atoms with Gasteiger partial charge in [-0.15, -0.1) is 0 Å². The van der Waals surface area contributed by atoms with E-state index in [9.17, 15) is 14.4 Å². The van der Waals surface area contributed by atoms with Crippen LogP contribution < -0.4 is 0 Å². The maximum absolute atomic E-state index is 12.1. The molecule has 0 radical (unpaired) electrons. The molecule has 0 aliphatic rings. The summed E-state index contributed by atoms with van der Waals surface area (Å²) in [5, 5.41) is 11.6. The first-order chi connectivity index (χ1) is 11.0. The third-order valence-electron chi connectivity index (χ3n) is 3.00. The zero-order chi connectivity index (χ0) is 17.4. The highest BCUT2D eigenvalue weighted by atomic mass is 16.5. The second-order valence-electron chi connectivity index (χ2n) is 4.30. The van der Waals surface area contributed by atoms with Crippen molar-refractivity contribution in [1.29, 1.82) is 0 Å². The van der Waals surface area contributed by atoms with E-state index in [1.54, 1.807) is 6.92 Å². The SMILES string of the molecule is CCOC(=O)c1c(/C=N/O)[nH]c(C(=O)OC)c1CCC(=O)OC. The summed E-state index contributed by atoms with van der Waals surface area (Å²) in [6.07, 6.45) is 0.946. The second kappa shape index (κ2) is 8.57. The van der Waals surface area contributed by atoms with Crippen LogP contribution in [0, 0.1) is 0 Å². The van der Waals surface area contributed by atoms with E-state index in [-0.39, 0.29) is 42.0 Å². The van der Waals surface area contributed by atoms with E-state index in [2.05, 4.69) is 19.6 Å². The van der Waals surface area contributed by atoms with Crippen molar-refractivity contribution >= 4 is 24.1 Å². The van der Waals surface area contributed by atoms with E-state index in [4.69, 9.17) is 9.94 Å². The van der Waals surface area contributed by atoms with Crippen molar-refractivity contribution in [2.24, 2.45) is 5.16 Å². The average molecular weight is 326 g/mol. The highest BCUT2D eigenvalue weighted by Crippen LogP contribution is 2.22. The maximum Gasteiger partial charge on any atom is 0.354 e. The number of methoxy groups -OCH3 is 2. The Labute approximate surface area is 132 Å². The number of carbonyl (C=O) groups is 3. The lowest BCUT2D eigenvalue weighted by Gasteiger charge is -2.06. The summed E-state index contributed by atoms with van der Waals surface area (Å²) in [4.78, 5) is 38.0. The van der Waals surface area contributed by atoms with Crippen LogP contribution in [0.25, 0.3) is 0 Å². The highest BCUT2D eigenvalue weighted by molar-refractivity contribution is 6.04. The summed E-state index contributed by atoms with van der Waals surface area (Å²) in [7, 11) is 2.41. The number of H-pyrrole nitrogens is 1. The molecule has 9 heteroatoms. The number of hydrogen-bond donors (Lipinski definition) is 2. The van der Waals surface area contributed by atoms with Gasteiger partial charge in [-0.2, -0.15) is 0 Å². The number of rotatable bonds is 7.